The van der Waals surface area contributed by atoms with Crippen LogP contribution in [-0.2, 0) is 9.53 Å². The molecule has 1 amide bonds. The number of rotatable bonds is 6. The van der Waals surface area contributed by atoms with E-state index >= 15 is 0 Å². The molecule has 0 aromatic carbocycles. The molecule has 0 bridgehead atoms. The van der Waals surface area contributed by atoms with Gasteiger partial charge in [0.1, 0.15) is 0 Å². The van der Waals surface area contributed by atoms with Gasteiger partial charge in [-0.05, 0) is 20.3 Å². The molecule has 0 heterocycles. The van der Waals surface area contributed by atoms with E-state index < -0.39 is 5.92 Å². The number of nitrogens with zero attached hydrogens (tertiary/aromatic N) is 1. The molecule has 0 aliphatic heterocycles. The fraction of sp³-hybridized carbons (Fsp3) is 0.778. The molecule has 0 aliphatic carbocycles. The van der Waals surface area contributed by atoms with Gasteiger partial charge in [-0.1, -0.05) is 5.16 Å². The molecule has 2 unspecified atom stereocenters. The summed E-state index contributed by atoms with van der Waals surface area (Å²) < 4.78 is 4.88. The summed E-state index contributed by atoms with van der Waals surface area (Å²) in [7, 11) is 1.60. The Morgan fingerprint density at radius 2 is 2.20 bits per heavy atom. The van der Waals surface area contributed by atoms with Gasteiger partial charge in [-0.2, -0.15) is 0 Å². The minimum Gasteiger partial charge on any atom is -0.409 e. The van der Waals surface area contributed by atoms with Gasteiger partial charge in [0.15, 0.2) is 5.84 Å². The summed E-state index contributed by atoms with van der Waals surface area (Å²) in [6.45, 7) is 4.03. The largest absolute Gasteiger partial charge is 0.409 e. The lowest BCUT2D eigenvalue weighted by molar-refractivity contribution is -0.123. The highest BCUT2D eigenvalue weighted by Crippen LogP contribution is 1.98. The first kappa shape index (κ1) is 13.7. The Morgan fingerprint density at radius 3 is 2.67 bits per heavy atom. The van der Waals surface area contributed by atoms with Crippen LogP contribution < -0.4 is 11.1 Å². The van der Waals surface area contributed by atoms with Gasteiger partial charge in [0.25, 0.3) is 0 Å². The number of oxime groups is 1. The summed E-state index contributed by atoms with van der Waals surface area (Å²) in [6, 6.07) is 0.00592. The number of nitrogens with one attached hydrogen (secondary N) is 1. The van der Waals surface area contributed by atoms with Crippen molar-refractivity contribution in [1.82, 2.24) is 5.32 Å². The molecule has 0 rings (SSSR count). The fourth-order valence-electron chi connectivity index (χ4n) is 0.956. The van der Waals surface area contributed by atoms with Crippen LogP contribution in [0, 0.1) is 5.92 Å². The monoisotopic (exact) mass is 217 g/mol. The Labute approximate surface area is 89.5 Å². The minimum absolute atomic E-state index is 0.00592. The number of hydrogen-bond acceptors (Lipinski definition) is 4. The number of ether oxygens (including phenoxy) is 1. The minimum atomic E-state index is -0.625. The Morgan fingerprint density at radius 1 is 1.60 bits per heavy atom. The SMILES string of the molecule is COCCC(C)NC(=O)C(C)C(N)=NO. The van der Waals surface area contributed by atoms with Crippen LogP contribution in [0.5, 0.6) is 0 Å². The van der Waals surface area contributed by atoms with Crippen LogP contribution in [0.4, 0.5) is 0 Å². The van der Waals surface area contributed by atoms with Crippen molar-refractivity contribution in [2.45, 2.75) is 26.3 Å². The van der Waals surface area contributed by atoms with E-state index in [0.29, 0.717) is 6.61 Å². The number of methoxy groups -OCH3 is 1. The first-order chi connectivity index (χ1) is 7.02. The second kappa shape index (κ2) is 7.05. The molecule has 0 aliphatic rings. The number of amidine groups is 1. The van der Waals surface area contributed by atoms with E-state index in [4.69, 9.17) is 15.7 Å². The molecule has 2 atom stereocenters. The molecule has 0 spiro atoms. The van der Waals surface area contributed by atoms with Crippen LogP contribution in [0.3, 0.4) is 0 Å². The van der Waals surface area contributed by atoms with Crippen molar-refractivity contribution in [2.75, 3.05) is 13.7 Å². The van der Waals surface area contributed by atoms with E-state index in [1.54, 1.807) is 14.0 Å². The second-order valence-electron chi connectivity index (χ2n) is 3.44. The molecule has 88 valence electrons. The molecule has 0 aromatic heterocycles. The Kier molecular flexibility index (Phi) is 6.44. The Hall–Kier alpha value is -1.30. The van der Waals surface area contributed by atoms with Gasteiger partial charge in [-0.15, -0.1) is 0 Å². The molecule has 0 fully saturated rings. The number of amides is 1. The number of hydrogen-bond donors (Lipinski definition) is 3. The lowest BCUT2D eigenvalue weighted by atomic mass is 10.1. The maximum Gasteiger partial charge on any atom is 0.230 e. The third-order valence-electron chi connectivity index (χ3n) is 2.10. The maximum atomic E-state index is 11.5. The molecule has 6 nitrogen and oxygen atoms in total. The van der Waals surface area contributed by atoms with Crippen LogP contribution in [0.1, 0.15) is 20.3 Å². The van der Waals surface area contributed by atoms with Crippen LogP contribution in [0.2, 0.25) is 0 Å². The number of nitrogens with two attached hydrogens (primary N) is 1. The molecular weight excluding hydrogens is 198 g/mol. The first-order valence-corrected chi connectivity index (χ1v) is 4.79. The second-order valence-corrected chi connectivity index (χ2v) is 3.44. The van der Waals surface area contributed by atoms with Gasteiger partial charge < -0.3 is 21.0 Å². The van der Waals surface area contributed by atoms with E-state index in [9.17, 15) is 4.79 Å². The normalized spacial score (nSPS) is 15.8. The third kappa shape index (κ3) is 5.21. The van der Waals surface area contributed by atoms with Gasteiger partial charge in [-0.25, -0.2) is 0 Å². The summed E-state index contributed by atoms with van der Waals surface area (Å²) >= 11 is 0. The summed E-state index contributed by atoms with van der Waals surface area (Å²) in [6.07, 6.45) is 0.727. The highest BCUT2D eigenvalue weighted by atomic mass is 16.5. The molecular formula is C9H19N3O3. The number of carbonyl (C=O) groups excluding carboxylic acids is 1. The lowest BCUT2D eigenvalue weighted by Gasteiger charge is -2.16. The van der Waals surface area contributed by atoms with Gasteiger partial charge in [0, 0.05) is 19.8 Å². The van der Waals surface area contributed by atoms with Gasteiger partial charge in [0.05, 0.1) is 5.92 Å². The highest BCUT2D eigenvalue weighted by molar-refractivity contribution is 6.01. The predicted molar refractivity (Wildman–Crippen MR) is 56.7 cm³/mol. The van der Waals surface area contributed by atoms with Crippen molar-refractivity contribution in [3.05, 3.63) is 0 Å². The standard InChI is InChI=1S/C9H19N3O3/c1-6(4-5-15-3)11-9(13)7(2)8(10)12-14/h6-7,14H,4-5H2,1-3H3,(H2,10,12)(H,11,13). The molecule has 0 aromatic rings. The molecule has 6 heteroatoms. The Balaban J connectivity index is 4.01. The molecule has 0 radical (unpaired) electrons. The van der Waals surface area contributed by atoms with Crippen LogP contribution in [-0.4, -0.2) is 36.7 Å². The van der Waals surface area contributed by atoms with E-state index in [1.165, 1.54) is 0 Å². The number of carbonyl (C=O) groups is 1. The zero-order chi connectivity index (χ0) is 11.8. The average molecular weight is 217 g/mol. The smallest absolute Gasteiger partial charge is 0.230 e. The van der Waals surface area contributed by atoms with Crippen LogP contribution >= 0.6 is 0 Å². The maximum absolute atomic E-state index is 11.5. The third-order valence-corrected chi connectivity index (χ3v) is 2.10. The zero-order valence-electron chi connectivity index (χ0n) is 9.36. The van der Waals surface area contributed by atoms with Gasteiger partial charge in [-0.3, -0.25) is 4.79 Å². The summed E-state index contributed by atoms with van der Waals surface area (Å²) in [4.78, 5) is 11.5. The zero-order valence-corrected chi connectivity index (χ0v) is 9.36. The van der Waals surface area contributed by atoms with Crippen molar-refractivity contribution in [3.63, 3.8) is 0 Å². The van der Waals surface area contributed by atoms with E-state index in [0.717, 1.165) is 6.42 Å². The van der Waals surface area contributed by atoms with Crippen molar-refractivity contribution in [3.8, 4) is 0 Å². The topological polar surface area (TPSA) is 96.9 Å². The van der Waals surface area contributed by atoms with Gasteiger partial charge in [0.2, 0.25) is 5.91 Å². The molecule has 15 heavy (non-hydrogen) atoms. The van der Waals surface area contributed by atoms with E-state index in [-0.39, 0.29) is 17.8 Å². The predicted octanol–water partition coefficient (Wildman–Crippen LogP) is -0.0899. The fourth-order valence-corrected chi connectivity index (χ4v) is 0.956. The van der Waals surface area contributed by atoms with Crippen LogP contribution in [0.25, 0.3) is 0 Å². The summed E-state index contributed by atoms with van der Waals surface area (Å²) in [5, 5.41) is 13.9. The van der Waals surface area contributed by atoms with Crippen LogP contribution in [0.15, 0.2) is 5.16 Å². The van der Waals surface area contributed by atoms with Crippen molar-refractivity contribution in [1.29, 1.82) is 0 Å². The van der Waals surface area contributed by atoms with Crippen molar-refractivity contribution in [2.24, 2.45) is 16.8 Å². The first-order valence-electron chi connectivity index (χ1n) is 4.79. The molecule has 0 saturated carbocycles. The van der Waals surface area contributed by atoms with Crippen molar-refractivity contribution < 1.29 is 14.7 Å². The van der Waals surface area contributed by atoms with E-state index in [1.807, 2.05) is 6.92 Å². The highest BCUT2D eigenvalue weighted by Gasteiger charge is 2.18. The van der Waals surface area contributed by atoms with E-state index in [2.05, 4.69) is 10.5 Å². The Bertz CT molecular complexity index is 231. The molecule has 0 saturated heterocycles. The lowest BCUT2D eigenvalue weighted by Crippen LogP contribution is -2.41. The average Bonchev–Trinajstić information content (AvgIpc) is 2.23. The summed E-state index contributed by atoms with van der Waals surface area (Å²) in [5.41, 5.74) is 5.31. The quantitative estimate of drug-likeness (QED) is 0.251. The van der Waals surface area contributed by atoms with Gasteiger partial charge >= 0.3 is 0 Å². The summed E-state index contributed by atoms with van der Waals surface area (Å²) in [5.74, 6) is -0.972. The molecule has 4 N–H and O–H groups in total. The van der Waals surface area contributed by atoms with Crippen molar-refractivity contribution >= 4 is 11.7 Å².